The zero-order valence-electron chi connectivity index (χ0n) is 8.90. The summed E-state index contributed by atoms with van der Waals surface area (Å²) in [6.45, 7) is 3.86. The monoisotopic (exact) mass is 209 g/mol. The highest BCUT2D eigenvalue weighted by Crippen LogP contribution is 2.39. The molecule has 3 N–H and O–H groups in total. The number of carbonyl (C=O) groups is 1. The Bertz CT molecular complexity index is 405. The van der Waals surface area contributed by atoms with Crippen LogP contribution >= 0.6 is 0 Å². The first-order valence-corrected chi connectivity index (χ1v) is 5.13. The molecule has 1 aliphatic carbocycles. The van der Waals surface area contributed by atoms with Crippen LogP contribution in [0.25, 0.3) is 0 Å². The van der Waals surface area contributed by atoms with Crippen molar-refractivity contribution < 1.29 is 9.90 Å². The fourth-order valence-corrected chi connectivity index (χ4v) is 1.78. The lowest BCUT2D eigenvalue weighted by atomic mass is 10.0. The van der Waals surface area contributed by atoms with Crippen molar-refractivity contribution in [2.24, 2.45) is 0 Å². The van der Waals surface area contributed by atoms with E-state index in [1.807, 2.05) is 13.8 Å². The predicted molar refractivity (Wildman–Crippen MR) is 56.0 cm³/mol. The highest BCUT2D eigenvalue weighted by Gasteiger charge is 2.31. The maximum absolute atomic E-state index is 11.0. The summed E-state index contributed by atoms with van der Waals surface area (Å²) in [5.74, 6) is -0.390. The number of hydrogen-bond acceptors (Lipinski definition) is 3. The fourth-order valence-electron chi connectivity index (χ4n) is 1.78. The average Bonchev–Trinajstić information content (AvgIpc) is 2.89. The fraction of sp³-hybridized carbons (Fsp3) is 0.600. The van der Waals surface area contributed by atoms with E-state index in [4.69, 9.17) is 10.8 Å². The Balaban J connectivity index is 2.52. The molecule has 82 valence electrons. The zero-order valence-corrected chi connectivity index (χ0v) is 8.90. The lowest BCUT2D eigenvalue weighted by Crippen LogP contribution is -2.03. The number of aromatic carboxylic acids is 1. The third kappa shape index (κ3) is 1.58. The van der Waals surface area contributed by atoms with Gasteiger partial charge < -0.3 is 10.8 Å². The zero-order chi connectivity index (χ0) is 11.2. The number of hydrogen-bond donors (Lipinski definition) is 2. The van der Waals surface area contributed by atoms with Crippen LogP contribution in [-0.4, -0.2) is 20.9 Å². The van der Waals surface area contributed by atoms with Crippen LogP contribution in [0, 0.1) is 0 Å². The Morgan fingerprint density at radius 3 is 2.53 bits per heavy atom. The Morgan fingerprint density at radius 2 is 2.20 bits per heavy atom. The Morgan fingerprint density at radius 1 is 1.60 bits per heavy atom. The van der Waals surface area contributed by atoms with Crippen molar-refractivity contribution in [3.63, 3.8) is 0 Å². The van der Waals surface area contributed by atoms with E-state index >= 15 is 0 Å². The lowest BCUT2D eigenvalue weighted by molar-refractivity contribution is 0.0688. The van der Waals surface area contributed by atoms with Crippen LogP contribution in [0.5, 0.6) is 0 Å². The van der Waals surface area contributed by atoms with Crippen LogP contribution in [0.1, 0.15) is 54.7 Å². The second-order valence-corrected chi connectivity index (χ2v) is 4.28. The molecule has 1 aliphatic rings. The summed E-state index contributed by atoms with van der Waals surface area (Å²) >= 11 is 0. The highest BCUT2D eigenvalue weighted by atomic mass is 16.4. The first kappa shape index (κ1) is 10.0. The summed E-state index contributed by atoms with van der Waals surface area (Å²) in [7, 11) is 0. The summed E-state index contributed by atoms with van der Waals surface area (Å²) < 4.78 is 1.67. The predicted octanol–water partition coefficient (Wildman–Crippen LogP) is 1.62. The minimum atomic E-state index is -0.996. The van der Waals surface area contributed by atoms with Crippen molar-refractivity contribution in [3.05, 3.63) is 11.3 Å². The molecular weight excluding hydrogens is 194 g/mol. The number of carboxylic acids is 1. The molecule has 1 fully saturated rings. The molecule has 1 aromatic heterocycles. The maximum Gasteiger partial charge on any atom is 0.356 e. The molecule has 1 heterocycles. The molecule has 0 radical (unpaired) electrons. The maximum atomic E-state index is 11.0. The third-order valence-corrected chi connectivity index (χ3v) is 2.66. The number of carboxylic acid groups (broad SMARTS) is 1. The molecule has 1 saturated carbocycles. The minimum Gasteiger partial charge on any atom is -0.476 e. The van der Waals surface area contributed by atoms with Crippen LogP contribution in [0.4, 0.5) is 5.82 Å². The van der Waals surface area contributed by atoms with Crippen molar-refractivity contribution in [2.75, 3.05) is 5.73 Å². The van der Waals surface area contributed by atoms with Crippen LogP contribution in [0.3, 0.4) is 0 Å². The van der Waals surface area contributed by atoms with Gasteiger partial charge in [0.05, 0.1) is 6.04 Å². The van der Waals surface area contributed by atoms with Gasteiger partial charge in [-0.2, -0.15) is 5.10 Å². The van der Waals surface area contributed by atoms with Gasteiger partial charge in [0, 0.05) is 5.56 Å². The van der Waals surface area contributed by atoms with Crippen molar-refractivity contribution in [1.29, 1.82) is 0 Å². The Hall–Kier alpha value is -1.52. The summed E-state index contributed by atoms with van der Waals surface area (Å²) in [6, 6.07) is 0.315. The quantitative estimate of drug-likeness (QED) is 0.792. The lowest BCUT2D eigenvalue weighted by Gasteiger charge is -2.05. The SMILES string of the molecule is CC(C)c1c(C(=O)O)nn(C2CC2)c1N. The van der Waals surface area contributed by atoms with Crippen LogP contribution in [0.15, 0.2) is 0 Å². The van der Waals surface area contributed by atoms with Crippen molar-refractivity contribution in [3.8, 4) is 0 Å². The minimum absolute atomic E-state index is 0.0867. The van der Waals surface area contributed by atoms with Gasteiger partial charge in [-0.15, -0.1) is 0 Å². The number of nitrogens with two attached hydrogens (primary N) is 1. The number of anilines is 1. The van der Waals surface area contributed by atoms with Gasteiger partial charge in [0.2, 0.25) is 0 Å². The first-order valence-electron chi connectivity index (χ1n) is 5.13. The normalized spacial score (nSPS) is 15.9. The summed E-state index contributed by atoms with van der Waals surface area (Å²) in [4.78, 5) is 11.0. The van der Waals surface area contributed by atoms with E-state index < -0.39 is 5.97 Å². The van der Waals surface area contributed by atoms with E-state index in [1.54, 1.807) is 4.68 Å². The molecule has 5 heteroatoms. The van der Waals surface area contributed by atoms with E-state index in [0.29, 0.717) is 17.4 Å². The van der Waals surface area contributed by atoms with Gasteiger partial charge in [-0.1, -0.05) is 13.8 Å². The van der Waals surface area contributed by atoms with Gasteiger partial charge in [-0.3, -0.25) is 0 Å². The Kier molecular flexibility index (Phi) is 2.17. The second kappa shape index (κ2) is 3.25. The first-order chi connectivity index (χ1) is 7.02. The Labute approximate surface area is 87.9 Å². The summed E-state index contributed by atoms with van der Waals surface area (Å²) in [5, 5.41) is 13.1. The summed E-state index contributed by atoms with van der Waals surface area (Å²) in [6.07, 6.45) is 2.09. The molecule has 0 unspecified atom stereocenters. The molecule has 0 saturated heterocycles. The molecular formula is C10H15N3O2. The smallest absolute Gasteiger partial charge is 0.356 e. The third-order valence-electron chi connectivity index (χ3n) is 2.66. The molecule has 2 rings (SSSR count). The molecule has 0 atom stereocenters. The van der Waals surface area contributed by atoms with Gasteiger partial charge in [0.15, 0.2) is 5.69 Å². The van der Waals surface area contributed by atoms with E-state index in [2.05, 4.69) is 5.10 Å². The molecule has 0 aromatic carbocycles. The molecule has 0 amide bonds. The van der Waals surface area contributed by atoms with Gasteiger partial charge in [0.1, 0.15) is 5.82 Å². The number of nitrogens with zero attached hydrogens (tertiary/aromatic N) is 2. The van der Waals surface area contributed by atoms with Crippen LogP contribution in [-0.2, 0) is 0 Å². The van der Waals surface area contributed by atoms with Gasteiger partial charge in [-0.25, -0.2) is 9.48 Å². The van der Waals surface area contributed by atoms with Crippen LogP contribution in [0.2, 0.25) is 0 Å². The molecule has 0 bridgehead atoms. The second-order valence-electron chi connectivity index (χ2n) is 4.28. The molecule has 1 aromatic rings. The van der Waals surface area contributed by atoms with Gasteiger partial charge >= 0.3 is 5.97 Å². The van der Waals surface area contributed by atoms with E-state index in [1.165, 1.54) is 0 Å². The van der Waals surface area contributed by atoms with Gasteiger partial charge in [0.25, 0.3) is 0 Å². The standard InChI is InChI=1S/C10H15N3O2/c1-5(2)7-8(10(14)15)12-13(9(7)11)6-3-4-6/h5-6H,3-4,11H2,1-2H3,(H,14,15). The molecule has 0 aliphatic heterocycles. The topological polar surface area (TPSA) is 81.1 Å². The van der Waals surface area contributed by atoms with Crippen molar-refractivity contribution >= 4 is 11.8 Å². The van der Waals surface area contributed by atoms with E-state index in [0.717, 1.165) is 12.8 Å². The number of nitrogen functional groups attached to an aromatic ring is 1. The highest BCUT2D eigenvalue weighted by molar-refractivity contribution is 5.89. The van der Waals surface area contributed by atoms with E-state index in [9.17, 15) is 4.79 Å². The van der Waals surface area contributed by atoms with E-state index in [-0.39, 0.29) is 11.6 Å². The van der Waals surface area contributed by atoms with Crippen molar-refractivity contribution in [1.82, 2.24) is 9.78 Å². The number of aromatic nitrogens is 2. The van der Waals surface area contributed by atoms with Crippen molar-refractivity contribution in [2.45, 2.75) is 38.6 Å². The summed E-state index contributed by atoms with van der Waals surface area (Å²) in [5.41, 5.74) is 6.69. The molecule has 15 heavy (non-hydrogen) atoms. The molecule has 5 nitrogen and oxygen atoms in total. The number of rotatable bonds is 3. The largest absolute Gasteiger partial charge is 0.476 e. The van der Waals surface area contributed by atoms with Crippen LogP contribution < -0.4 is 5.73 Å². The molecule has 0 spiro atoms. The van der Waals surface area contributed by atoms with Gasteiger partial charge in [-0.05, 0) is 18.8 Å². The average molecular weight is 209 g/mol.